The van der Waals surface area contributed by atoms with Gasteiger partial charge >= 0.3 is 0 Å². The Bertz CT molecular complexity index is 631. The first-order valence-corrected chi connectivity index (χ1v) is 9.00. The smallest absolute Gasteiger partial charge is 0.134 e. The van der Waals surface area contributed by atoms with E-state index in [0.717, 1.165) is 32.2 Å². The molecule has 4 nitrogen and oxygen atoms in total. The Morgan fingerprint density at radius 3 is 2.55 bits per heavy atom. The molecular formula is C16H21BrN2O2S. The Kier molecular flexibility index (Phi) is 6.23. The van der Waals surface area contributed by atoms with Crippen molar-refractivity contribution in [2.75, 3.05) is 20.3 Å². The van der Waals surface area contributed by atoms with E-state index in [2.05, 4.69) is 33.6 Å². The molecule has 0 bridgehead atoms. The normalized spacial score (nSPS) is 12.2. The third-order valence-electron chi connectivity index (χ3n) is 3.24. The van der Waals surface area contributed by atoms with Crippen molar-refractivity contribution in [3.63, 3.8) is 0 Å². The highest BCUT2D eigenvalue weighted by Gasteiger charge is 2.16. The number of rotatable bonds is 7. The maximum atomic E-state index is 5.76. The fourth-order valence-electron chi connectivity index (χ4n) is 2.01. The third-order valence-corrected chi connectivity index (χ3v) is 4.88. The van der Waals surface area contributed by atoms with E-state index in [9.17, 15) is 0 Å². The Labute approximate surface area is 144 Å². The molecule has 0 spiro atoms. The van der Waals surface area contributed by atoms with E-state index in [0.29, 0.717) is 13.2 Å². The van der Waals surface area contributed by atoms with Gasteiger partial charge in [-0.2, -0.15) is 0 Å². The van der Waals surface area contributed by atoms with Crippen LogP contribution in [0, 0.1) is 0 Å². The second kappa shape index (κ2) is 7.94. The SMILES string of the molecule is CCOc1cc(-c2csc(C(C)NC)n2)c(OCC)cc1Br. The highest BCUT2D eigenvalue weighted by molar-refractivity contribution is 9.10. The molecule has 1 unspecified atom stereocenters. The Hall–Kier alpha value is -1.11. The van der Waals surface area contributed by atoms with Crippen molar-refractivity contribution < 1.29 is 9.47 Å². The first-order chi connectivity index (χ1) is 10.6. The summed E-state index contributed by atoms with van der Waals surface area (Å²) in [6.45, 7) is 7.27. The van der Waals surface area contributed by atoms with Gasteiger partial charge in [0, 0.05) is 10.9 Å². The zero-order chi connectivity index (χ0) is 16.1. The first-order valence-electron chi connectivity index (χ1n) is 7.32. The number of thiazole rings is 1. The van der Waals surface area contributed by atoms with Crippen LogP contribution in [0.15, 0.2) is 22.0 Å². The van der Waals surface area contributed by atoms with Crippen LogP contribution in [0.2, 0.25) is 0 Å². The zero-order valence-electron chi connectivity index (χ0n) is 13.3. The molecule has 1 atom stereocenters. The third kappa shape index (κ3) is 3.80. The molecule has 0 saturated heterocycles. The number of aromatic nitrogens is 1. The lowest BCUT2D eigenvalue weighted by Gasteiger charge is -2.13. The summed E-state index contributed by atoms with van der Waals surface area (Å²) in [4.78, 5) is 4.73. The average Bonchev–Trinajstić information content (AvgIpc) is 2.99. The second-order valence-electron chi connectivity index (χ2n) is 4.73. The van der Waals surface area contributed by atoms with Gasteiger partial charge in [-0.15, -0.1) is 11.3 Å². The number of nitrogens with zero attached hydrogens (tertiary/aromatic N) is 1. The molecule has 1 heterocycles. The van der Waals surface area contributed by atoms with E-state index in [-0.39, 0.29) is 6.04 Å². The number of hydrogen-bond acceptors (Lipinski definition) is 5. The average molecular weight is 385 g/mol. The summed E-state index contributed by atoms with van der Waals surface area (Å²) in [6, 6.07) is 4.17. The Balaban J connectivity index is 2.46. The molecule has 22 heavy (non-hydrogen) atoms. The van der Waals surface area contributed by atoms with Crippen LogP contribution < -0.4 is 14.8 Å². The summed E-state index contributed by atoms with van der Waals surface area (Å²) in [7, 11) is 1.93. The summed E-state index contributed by atoms with van der Waals surface area (Å²) in [5.41, 5.74) is 1.87. The van der Waals surface area contributed by atoms with Crippen LogP contribution in [0.3, 0.4) is 0 Å². The fourth-order valence-corrected chi connectivity index (χ4v) is 3.33. The molecule has 0 aliphatic carbocycles. The van der Waals surface area contributed by atoms with Crippen molar-refractivity contribution in [2.45, 2.75) is 26.8 Å². The monoisotopic (exact) mass is 384 g/mol. The van der Waals surface area contributed by atoms with Crippen molar-refractivity contribution in [1.82, 2.24) is 10.3 Å². The maximum absolute atomic E-state index is 5.76. The molecule has 6 heteroatoms. The minimum Gasteiger partial charge on any atom is -0.493 e. The van der Waals surface area contributed by atoms with Crippen molar-refractivity contribution in [1.29, 1.82) is 0 Å². The van der Waals surface area contributed by atoms with E-state index >= 15 is 0 Å². The van der Waals surface area contributed by atoms with Crippen molar-refractivity contribution in [3.8, 4) is 22.8 Å². The van der Waals surface area contributed by atoms with Crippen LogP contribution in [-0.2, 0) is 0 Å². The number of benzene rings is 1. The van der Waals surface area contributed by atoms with E-state index in [1.165, 1.54) is 0 Å². The van der Waals surface area contributed by atoms with Crippen LogP contribution in [0.1, 0.15) is 31.8 Å². The summed E-state index contributed by atoms with van der Waals surface area (Å²) >= 11 is 5.18. The van der Waals surface area contributed by atoms with Crippen LogP contribution >= 0.6 is 27.3 Å². The minimum atomic E-state index is 0.233. The molecule has 0 aliphatic heterocycles. The van der Waals surface area contributed by atoms with E-state index in [4.69, 9.17) is 14.5 Å². The Morgan fingerprint density at radius 1 is 1.23 bits per heavy atom. The van der Waals surface area contributed by atoms with Crippen molar-refractivity contribution in [3.05, 3.63) is 27.0 Å². The molecule has 0 aliphatic rings. The van der Waals surface area contributed by atoms with Gasteiger partial charge < -0.3 is 14.8 Å². The van der Waals surface area contributed by atoms with Gasteiger partial charge in [-0.05, 0) is 55.9 Å². The van der Waals surface area contributed by atoms with E-state index < -0.39 is 0 Å². The van der Waals surface area contributed by atoms with Crippen LogP contribution in [0.25, 0.3) is 11.3 Å². The molecule has 0 fully saturated rings. The van der Waals surface area contributed by atoms with Gasteiger partial charge in [-0.3, -0.25) is 0 Å². The fraction of sp³-hybridized carbons (Fsp3) is 0.438. The first kappa shape index (κ1) is 17.2. The van der Waals surface area contributed by atoms with Crippen molar-refractivity contribution in [2.24, 2.45) is 0 Å². The number of hydrogen-bond donors (Lipinski definition) is 1. The van der Waals surface area contributed by atoms with Gasteiger partial charge in [0.25, 0.3) is 0 Å². The lowest BCUT2D eigenvalue weighted by molar-refractivity contribution is 0.330. The molecular weight excluding hydrogens is 364 g/mol. The van der Waals surface area contributed by atoms with Gasteiger partial charge in [0.2, 0.25) is 0 Å². The lowest BCUT2D eigenvalue weighted by atomic mass is 10.1. The zero-order valence-corrected chi connectivity index (χ0v) is 15.7. The molecule has 2 aromatic rings. The van der Waals surface area contributed by atoms with Gasteiger partial charge in [0.1, 0.15) is 16.5 Å². The molecule has 2 rings (SSSR count). The van der Waals surface area contributed by atoms with Crippen LogP contribution in [-0.4, -0.2) is 25.2 Å². The lowest BCUT2D eigenvalue weighted by Crippen LogP contribution is -2.11. The predicted octanol–water partition coefficient (Wildman–Crippen LogP) is 4.65. The molecule has 1 aromatic carbocycles. The summed E-state index contributed by atoms with van der Waals surface area (Å²) < 4.78 is 12.3. The van der Waals surface area contributed by atoms with Gasteiger partial charge in [0.05, 0.1) is 29.4 Å². The van der Waals surface area contributed by atoms with Crippen LogP contribution in [0.5, 0.6) is 11.5 Å². The molecule has 1 N–H and O–H groups in total. The molecule has 0 saturated carbocycles. The summed E-state index contributed by atoms with van der Waals surface area (Å²) in [6.07, 6.45) is 0. The largest absolute Gasteiger partial charge is 0.493 e. The van der Waals surface area contributed by atoms with Crippen molar-refractivity contribution >= 4 is 27.3 Å². The topological polar surface area (TPSA) is 43.4 Å². The minimum absolute atomic E-state index is 0.233. The quantitative estimate of drug-likeness (QED) is 0.754. The van der Waals surface area contributed by atoms with Gasteiger partial charge in [-0.25, -0.2) is 4.98 Å². The standard InChI is InChI=1S/C16H21BrN2O2S/c1-5-20-14-8-12(17)15(21-6-2)7-11(14)13-9-22-16(19-13)10(3)18-4/h7-10,18H,5-6H2,1-4H3. The molecule has 0 radical (unpaired) electrons. The van der Waals surface area contributed by atoms with Gasteiger partial charge in [-0.1, -0.05) is 0 Å². The molecule has 1 aromatic heterocycles. The number of nitrogens with one attached hydrogen (secondary N) is 1. The van der Waals surface area contributed by atoms with E-state index in [1.807, 2.05) is 33.0 Å². The Morgan fingerprint density at radius 2 is 1.91 bits per heavy atom. The number of ether oxygens (including phenoxy) is 2. The molecule has 0 amide bonds. The van der Waals surface area contributed by atoms with Gasteiger partial charge in [0.15, 0.2) is 0 Å². The van der Waals surface area contributed by atoms with Crippen LogP contribution in [0.4, 0.5) is 0 Å². The highest BCUT2D eigenvalue weighted by Crippen LogP contribution is 2.39. The highest BCUT2D eigenvalue weighted by atomic mass is 79.9. The molecule has 120 valence electrons. The predicted molar refractivity (Wildman–Crippen MR) is 95.1 cm³/mol. The number of halogens is 1. The summed E-state index contributed by atoms with van der Waals surface area (Å²) in [5.74, 6) is 1.61. The maximum Gasteiger partial charge on any atom is 0.134 e. The second-order valence-corrected chi connectivity index (χ2v) is 6.47. The summed E-state index contributed by atoms with van der Waals surface area (Å²) in [5, 5.41) is 6.33. The van der Waals surface area contributed by atoms with E-state index in [1.54, 1.807) is 11.3 Å².